The largest absolute Gasteiger partial charge is 0.443 e. The highest BCUT2D eigenvalue weighted by atomic mass is 32.2. The number of nitriles is 1. The second-order valence-electron chi connectivity index (χ2n) is 5.80. The van der Waals surface area contributed by atoms with Gasteiger partial charge in [0.15, 0.2) is 4.93 Å². The van der Waals surface area contributed by atoms with Gasteiger partial charge < -0.3 is 4.74 Å². The van der Waals surface area contributed by atoms with Crippen molar-refractivity contribution in [3.8, 4) is 6.07 Å². The Kier molecular flexibility index (Phi) is 4.46. The molecule has 0 radical (unpaired) electrons. The van der Waals surface area contributed by atoms with Crippen LogP contribution in [0.4, 0.5) is 0 Å². The molecule has 0 bridgehead atoms. The van der Waals surface area contributed by atoms with Crippen LogP contribution in [-0.4, -0.2) is 11.2 Å². The van der Waals surface area contributed by atoms with Crippen molar-refractivity contribution >= 4 is 17.7 Å². The van der Waals surface area contributed by atoms with Gasteiger partial charge >= 0.3 is 5.97 Å². The molecule has 1 heterocycles. The minimum atomic E-state index is -0.758. The summed E-state index contributed by atoms with van der Waals surface area (Å²) < 4.78 is 5.72. The standard InChI is InChI=1S/C20H17NO2S/c1-14(13-21)17(15-9-5-3-6-10-15)18-19(22)23-20(2,24-18)16-11-7-4-8-12-16/h3-12,17-18H,1H2,2H3/t17-,18-,20?/m1/s1. The molecule has 3 atom stereocenters. The molecule has 3 rings (SSSR count). The first-order chi connectivity index (χ1) is 11.5. The number of cyclic esters (lactones) is 1. The number of ether oxygens (including phenoxy) is 1. The predicted octanol–water partition coefficient (Wildman–Crippen LogP) is 4.38. The number of rotatable bonds is 4. The summed E-state index contributed by atoms with van der Waals surface area (Å²) in [7, 11) is 0. The fraction of sp³-hybridized carbons (Fsp3) is 0.200. The van der Waals surface area contributed by atoms with E-state index >= 15 is 0 Å². The third kappa shape index (κ3) is 2.95. The lowest BCUT2D eigenvalue weighted by Crippen LogP contribution is -2.22. The van der Waals surface area contributed by atoms with Crippen LogP contribution in [0.5, 0.6) is 0 Å². The molecular weight excluding hydrogens is 318 g/mol. The third-order valence-electron chi connectivity index (χ3n) is 4.16. The van der Waals surface area contributed by atoms with Gasteiger partial charge in [0.2, 0.25) is 0 Å². The van der Waals surface area contributed by atoms with Gasteiger partial charge in [0.05, 0.1) is 6.07 Å². The van der Waals surface area contributed by atoms with E-state index in [2.05, 4.69) is 12.6 Å². The maximum Gasteiger partial charge on any atom is 0.321 e. The molecule has 24 heavy (non-hydrogen) atoms. The lowest BCUT2D eigenvalue weighted by Gasteiger charge is -2.23. The Balaban J connectivity index is 1.97. The summed E-state index contributed by atoms with van der Waals surface area (Å²) >= 11 is 1.44. The summed E-state index contributed by atoms with van der Waals surface area (Å²) in [4.78, 5) is 11.8. The molecule has 120 valence electrons. The first-order valence-corrected chi connectivity index (χ1v) is 8.53. The van der Waals surface area contributed by atoms with E-state index in [0.29, 0.717) is 5.57 Å². The van der Waals surface area contributed by atoms with Gasteiger partial charge in [0, 0.05) is 17.1 Å². The molecule has 0 saturated carbocycles. The van der Waals surface area contributed by atoms with Crippen LogP contribution in [0.25, 0.3) is 0 Å². The quantitative estimate of drug-likeness (QED) is 0.614. The van der Waals surface area contributed by atoms with E-state index in [9.17, 15) is 10.1 Å². The van der Waals surface area contributed by atoms with E-state index in [0.717, 1.165) is 11.1 Å². The second kappa shape index (κ2) is 6.54. The van der Waals surface area contributed by atoms with Crippen molar-refractivity contribution in [2.24, 2.45) is 0 Å². The van der Waals surface area contributed by atoms with Crippen LogP contribution < -0.4 is 0 Å². The van der Waals surface area contributed by atoms with Crippen LogP contribution in [0.1, 0.15) is 24.0 Å². The average molecular weight is 335 g/mol. The van der Waals surface area contributed by atoms with Gasteiger partial charge in [0.25, 0.3) is 0 Å². The Morgan fingerprint density at radius 1 is 1.21 bits per heavy atom. The van der Waals surface area contributed by atoms with E-state index in [4.69, 9.17) is 4.74 Å². The first-order valence-electron chi connectivity index (χ1n) is 7.65. The summed E-state index contributed by atoms with van der Waals surface area (Å²) in [5.74, 6) is -0.698. The van der Waals surface area contributed by atoms with Gasteiger partial charge in [-0.05, 0) is 12.5 Å². The zero-order chi connectivity index (χ0) is 17.2. The fourth-order valence-electron chi connectivity index (χ4n) is 2.93. The number of thioether (sulfide) groups is 1. The van der Waals surface area contributed by atoms with Crippen molar-refractivity contribution in [1.82, 2.24) is 0 Å². The molecule has 1 aliphatic heterocycles. The monoisotopic (exact) mass is 335 g/mol. The summed E-state index contributed by atoms with van der Waals surface area (Å²) in [5, 5.41) is 8.85. The first kappa shape index (κ1) is 16.4. The Labute approximate surface area is 146 Å². The topological polar surface area (TPSA) is 50.1 Å². The highest BCUT2D eigenvalue weighted by molar-refractivity contribution is 8.01. The molecule has 1 saturated heterocycles. The van der Waals surface area contributed by atoms with Gasteiger partial charge in [-0.2, -0.15) is 5.26 Å². The number of hydrogen-bond donors (Lipinski definition) is 0. The molecular formula is C20H17NO2S. The number of hydrogen-bond acceptors (Lipinski definition) is 4. The Bertz CT molecular complexity index is 797. The molecule has 2 aromatic rings. The van der Waals surface area contributed by atoms with Crippen molar-refractivity contribution in [2.75, 3.05) is 0 Å². The molecule has 1 unspecified atom stereocenters. The van der Waals surface area contributed by atoms with Crippen LogP contribution in [0.2, 0.25) is 0 Å². The minimum absolute atomic E-state index is 0.309. The lowest BCUT2D eigenvalue weighted by atomic mass is 9.89. The molecule has 0 aromatic heterocycles. The highest BCUT2D eigenvalue weighted by Crippen LogP contribution is 2.51. The third-order valence-corrected chi connectivity index (χ3v) is 5.65. The van der Waals surface area contributed by atoms with Gasteiger partial charge in [-0.15, -0.1) is 0 Å². The summed E-state index contributed by atoms with van der Waals surface area (Å²) in [5.41, 5.74) is 2.20. The van der Waals surface area contributed by atoms with Crippen LogP contribution in [0, 0.1) is 11.3 Å². The van der Waals surface area contributed by atoms with E-state index in [1.807, 2.05) is 67.6 Å². The average Bonchev–Trinajstić information content (AvgIpc) is 2.92. The smallest absolute Gasteiger partial charge is 0.321 e. The minimum Gasteiger partial charge on any atom is -0.443 e. The normalized spacial score (nSPS) is 24.0. The van der Waals surface area contributed by atoms with Crippen LogP contribution in [-0.2, 0) is 14.5 Å². The molecule has 0 spiro atoms. The highest BCUT2D eigenvalue weighted by Gasteiger charge is 2.49. The Morgan fingerprint density at radius 3 is 2.38 bits per heavy atom. The maximum atomic E-state index is 12.6. The SMILES string of the molecule is C=C(C#N)[C@H](c1ccccc1)[C@H]1SC(C)(c2ccccc2)OC1=O. The summed E-state index contributed by atoms with van der Waals surface area (Å²) in [6.45, 7) is 5.76. The van der Waals surface area contributed by atoms with Gasteiger partial charge in [0.1, 0.15) is 5.25 Å². The van der Waals surface area contributed by atoms with E-state index < -0.39 is 10.2 Å². The summed E-state index contributed by atoms with van der Waals surface area (Å²) in [6, 6.07) is 21.3. The van der Waals surface area contributed by atoms with Crippen LogP contribution in [0.15, 0.2) is 72.8 Å². The molecule has 1 aliphatic rings. The second-order valence-corrected chi connectivity index (χ2v) is 7.32. The number of allylic oxidation sites excluding steroid dienone is 1. The molecule has 1 fully saturated rings. The number of nitrogens with zero attached hydrogens (tertiary/aromatic N) is 1. The number of esters is 1. The van der Waals surface area contributed by atoms with E-state index in [-0.39, 0.29) is 11.9 Å². The molecule has 0 N–H and O–H groups in total. The Morgan fingerprint density at radius 2 is 1.79 bits per heavy atom. The van der Waals surface area contributed by atoms with Crippen molar-refractivity contribution in [2.45, 2.75) is 23.0 Å². The van der Waals surface area contributed by atoms with Crippen molar-refractivity contribution in [3.63, 3.8) is 0 Å². The molecule has 0 amide bonds. The maximum absolute atomic E-state index is 12.6. The lowest BCUT2D eigenvalue weighted by molar-refractivity contribution is -0.147. The van der Waals surface area contributed by atoms with Crippen LogP contribution >= 0.6 is 11.8 Å². The Hall–Kier alpha value is -2.51. The van der Waals surface area contributed by atoms with E-state index in [1.165, 1.54) is 11.8 Å². The number of carbonyl (C=O) groups excluding carboxylic acids is 1. The van der Waals surface area contributed by atoms with Crippen molar-refractivity contribution in [3.05, 3.63) is 83.9 Å². The van der Waals surface area contributed by atoms with Gasteiger partial charge in [-0.3, -0.25) is 4.79 Å². The molecule has 0 aliphatic carbocycles. The fourth-order valence-corrected chi connectivity index (χ4v) is 4.41. The zero-order valence-corrected chi connectivity index (χ0v) is 14.1. The zero-order valence-electron chi connectivity index (χ0n) is 13.3. The summed E-state index contributed by atoms with van der Waals surface area (Å²) in [6.07, 6.45) is 0. The molecule has 4 heteroatoms. The van der Waals surface area contributed by atoms with Crippen molar-refractivity contribution in [1.29, 1.82) is 5.26 Å². The van der Waals surface area contributed by atoms with Gasteiger partial charge in [-0.25, -0.2) is 0 Å². The van der Waals surface area contributed by atoms with Gasteiger partial charge in [-0.1, -0.05) is 79.0 Å². The van der Waals surface area contributed by atoms with E-state index in [1.54, 1.807) is 0 Å². The number of carbonyl (C=O) groups is 1. The molecule has 3 nitrogen and oxygen atoms in total. The predicted molar refractivity (Wildman–Crippen MR) is 95.2 cm³/mol. The molecule has 2 aromatic carbocycles. The van der Waals surface area contributed by atoms with Crippen molar-refractivity contribution < 1.29 is 9.53 Å². The number of benzene rings is 2. The van der Waals surface area contributed by atoms with Crippen LogP contribution in [0.3, 0.4) is 0 Å².